The molecule has 2 aromatic carbocycles. The fourth-order valence-corrected chi connectivity index (χ4v) is 5.53. The minimum atomic E-state index is -1.09. The number of benzene rings is 2. The zero-order valence-electron chi connectivity index (χ0n) is 27.0. The van der Waals surface area contributed by atoms with E-state index in [9.17, 15) is 14.4 Å². The normalized spacial score (nSPS) is 20.1. The first kappa shape index (κ1) is 34.4. The van der Waals surface area contributed by atoms with E-state index < -0.39 is 36.8 Å². The van der Waals surface area contributed by atoms with Crippen LogP contribution in [0.25, 0.3) is 0 Å². The van der Waals surface area contributed by atoms with E-state index in [1.54, 1.807) is 13.8 Å². The molecule has 0 aliphatic carbocycles. The van der Waals surface area contributed by atoms with Gasteiger partial charge in [0.1, 0.15) is 6.10 Å². The highest BCUT2D eigenvalue weighted by atomic mass is 16.7. The van der Waals surface area contributed by atoms with Gasteiger partial charge in [-0.25, -0.2) is 9.78 Å². The van der Waals surface area contributed by atoms with Crippen molar-refractivity contribution in [3.8, 4) is 11.5 Å². The molecular weight excluding hydrogens is 588 g/mol. The Morgan fingerprint density at radius 2 is 1.70 bits per heavy atom. The average Bonchev–Trinajstić information content (AvgIpc) is 3.11. The molecule has 0 unspecified atom stereocenters. The maximum atomic E-state index is 13.5. The molecule has 1 aliphatic heterocycles. The Bertz CT molecular complexity index is 1420. The van der Waals surface area contributed by atoms with Crippen LogP contribution in [0.1, 0.15) is 55.2 Å². The number of aromatic nitrogens is 1. The van der Waals surface area contributed by atoms with Gasteiger partial charge in [-0.2, -0.15) is 0 Å². The van der Waals surface area contributed by atoms with Gasteiger partial charge in [0.25, 0.3) is 5.91 Å². The number of aryl methyl sites for hydroxylation is 1. The van der Waals surface area contributed by atoms with E-state index in [0.717, 1.165) is 31.2 Å². The first-order valence-electron chi connectivity index (χ1n) is 15.8. The van der Waals surface area contributed by atoms with Crippen LogP contribution >= 0.6 is 0 Å². The molecule has 10 nitrogen and oxygen atoms in total. The lowest BCUT2D eigenvalue weighted by molar-refractivity contribution is -0.155. The molecule has 3 aromatic rings. The Labute approximate surface area is 270 Å². The lowest BCUT2D eigenvalue weighted by atomic mass is 9.80. The summed E-state index contributed by atoms with van der Waals surface area (Å²) in [4.78, 5) is 43.0. The third-order valence-electron chi connectivity index (χ3n) is 8.09. The predicted molar refractivity (Wildman–Crippen MR) is 171 cm³/mol. The Morgan fingerprint density at radius 1 is 1.00 bits per heavy atom. The molecule has 0 bridgehead atoms. The van der Waals surface area contributed by atoms with Crippen LogP contribution in [0, 0.1) is 17.8 Å². The molecule has 1 saturated heterocycles. The van der Waals surface area contributed by atoms with Crippen LogP contribution in [0.15, 0.2) is 72.9 Å². The number of carbonyl (C=O) groups excluding carboxylic acids is 3. The van der Waals surface area contributed by atoms with E-state index in [4.69, 9.17) is 23.7 Å². The molecule has 4 atom stereocenters. The predicted octanol–water partition coefficient (Wildman–Crippen LogP) is 5.18. The summed E-state index contributed by atoms with van der Waals surface area (Å²) in [6.07, 6.45) is 4.47. The quantitative estimate of drug-likeness (QED) is 0.201. The van der Waals surface area contributed by atoms with E-state index in [1.807, 2.05) is 43.3 Å². The molecule has 246 valence electrons. The fourth-order valence-electron chi connectivity index (χ4n) is 5.53. The number of ether oxygens (including phenoxy) is 5. The number of nitrogens with one attached hydrogen (secondary N) is 1. The summed E-state index contributed by atoms with van der Waals surface area (Å²) < 4.78 is 28.2. The zero-order valence-corrected chi connectivity index (χ0v) is 27.0. The Kier molecular flexibility index (Phi) is 13.0. The number of rotatable bonds is 13. The molecule has 0 saturated carbocycles. The van der Waals surface area contributed by atoms with Crippen molar-refractivity contribution in [2.24, 2.45) is 17.8 Å². The molecule has 1 N–H and O–H groups in total. The maximum absolute atomic E-state index is 13.5. The van der Waals surface area contributed by atoms with Gasteiger partial charge in [-0.15, -0.1) is 0 Å². The summed E-state index contributed by atoms with van der Waals surface area (Å²) in [5.74, 6) is -1.79. The molecule has 10 heteroatoms. The SMILES string of the molecule is COc1ccnc(C(=O)N[C@H]2COC[C@H](CCCc3ccccc3)[C@@H](Cc3ccccc3)[C@H](C)OC2=O)c1OCOC(=O)C(C)C. The standard InChI is InChI=1S/C36H44N2O8/c1-24(2)35(40)45-23-44-33-31(42-4)18-19-37-32(33)34(39)38-30-22-43-21-28(17-11-16-26-12-7-5-8-13-26)29(25(3)46-36(30)41)20-27-14-9-6-10-15-27/h5-10,12-15,18-19,24-25,28-30H,11,16-17,20-23H2,1-4H3,(H,38,39)/t25-,28-,29-,30-/m0/s1. The van der Waals surface area contributed by atoms with Crippen molar-refractivity contribution >= 4 is 17.8 Å². The number of amides is 1. The summed E-state index contributed by atoms with van der Waals surface area (Å²) in [5, 5.41) is 2.71. The van der Waals surface area contributed by atoms with Gasteiger partial charge in [-0.05, 0) is 49.7 Å². The number of esters is 2. The second-order valence-corrected chi connectivity index (χ2v) is 11.8. The lowest BCUT2D eigenvalue weighted by Crippen LogP contribution is -2.46. The molecule has 1 amide bonds. The van der Waals surface area contributed by atoms with Crippen LogP contribution in [0.2, 0.25) is 0 Å². The molecular formula is C36H44N2O8. The molecule has 46 heavy (non-hydrogen) atoms. The van der Waals surface area contributed by atoms with Crippen molar-refractivity contribution in [2.45, 2.75) is 58.6 Å². The fraction of sp³-hybridized carbons (Fsp3) is 0.444. The van der Waals surface area contributed by atoms with E-state index in [-0.39, 0.29) is 41.6 Å². The third-order valence-corrected chi connectivity index (χ3v) is 8.09. The molecule has 1 fully saturated rings. The van der Waals surface area contributed by atoms with Crippen LogP contribution in [0.4, 0.5) is 0 Å². The van der Waals surface area contributed by atoms with Crippen molar-refractivity contribution < 1.29 is 38.1 Å². The van der Waals surface area contributed by atoms with Crippen LogP contribution in [0.5, 0.6) is 11.5 Å². The monoisotopic (exact) mass is 632 g/mol. The first-order chi connectivity index (χ1) is 22.3. The van der Waals surface area contributed by atoms with E-state index in [1.165, 1.54) is 24.9 Å². The van der Waals surface area contributed by atoms with E-state index in [0.29, 0.717) is 6.61 Å². The minimum Gasteiger partial charge on any atom is -0.493 e. The summed E-state index contributed by atoms with van der Waals surface area (Å²) in [6.45, 7) is 5.20. The van der Waals surface area contributed by atoms with Gasteiger partial charge in [0.15, 0.2) is 23.2 Å². The smallest absolute Gasteiger partial charge is 0.331 e. The van der Waals surface area contributed by atoms with Gasteiger partial charge < -0.3 is 29.0 Å². The van der Waals surface area contributed by atoms with Crippen molar-refractivity contribution in [1.29, 1.82) is 0 Å². The summed E-state index contributed by atoms with van der Waals surface area (Å²) in [6, 6.07) is 20.9. The van der Waals surface area contributed by atoms with Crippen LogP contribution in [-0.2, 0) is 36.6 Å². The van der Waals surface area contributed by atoms with Gasteiger partial charge in [0.2, 0.25) is 6.79 Å². The molecule has 4 rings (SSSR count). The molecule has 1 aromatic heterocycles. The number of pyridine rings is 1. The largest absolute Gasteiger partial charge is 0.493 e. The van der Waals surface area contributed by atoms with Crippen LogP contribution < -0.4 is 14.8 Å². The van der Waals surface area contributed by atoms with Gasteiger partial charge in [-0.3, -0.25) is 9.59 Å². The second kappa shape index (κ2) is 17.3. The Morgan fingerprint density at radius 3 is 2.37 bits per heavy atom. The molecule has 1 aliphatic rings. The van der Waals surface area contributed by atoms with Crippen LogP contribution in [-0.4, -0.2) is 62.1 Å². The van der Waals surface area contributed by atoms with Crippen molar-refractivity contribution in [3.05, 3.63) is 89.7 Å². The summed E-state index contributed by atoms with van der Waals surface area (Å²) in [7, 11) is 1.41. The number of hydrogen-bond acceptors (Lipinski definition) is 9. The highest BCUT2D eigenvalue weighted by Gasteiger charge is 2.35. The van der Waals surface area contributed by atoms with Crippen molar-refractivity contribution in [2.75, 3.05) is 27.1 Å². The van der Waals surface area contributed by atoms with Gasteiger partial charge in [0, 0.05) is 24.8 Å². The second-order valence-electron chi connectivity index (χ2n) is 11.8. The van der Waals surface area contributed by atoms with Crippen molar-refractivity contribution in [1.82, 2.24) is 10.3 Å². The zero-order chi connectivity index (χ0) is 32.9. The van der Waals surface area contributed by atoms with Gasteiger partial charge in [-0.1, -0.05) is 74.5 Å². The lowest BCUT2D eigenvalue weighted by Gasteiger charge is -2.31. The van der Waals surface area contributed by atoms with Crippen molar-refractivity contribution in [3.63, 3.8) is 0 Å². The number of nitrogens with zero attached hydrogens (tertiary/aromatic N) is 1. The Hall–Kier alpha value is -4.44. The molecule has 2 heterocycles. The summed E-state index contributed by atoms with van der Waals surface area (Å²) in [5.41, 5.74) is 2.30. The van der Waals surface area contributed by atoms with Crippen LogP contribution in [0.3, 0.4) is 0 Å². The highest BCUT2D eigenvalue weighted by Crippen LogP contribution is 2.31. The van der Waals surface area contributed by atoms with E-state index in [2.05, 4.69) is 34.6 Å². The highest BCUT2D eigenvalue weighted by molar-refractivity contribution is 5.98. The average molecular weight is 633 g/mol. The van der Waals surface area contributed by atoms with Gasteiger partial charge in [0.05, 0.1) is 19.6 Å². The Balaban J connectivity index is 1.48. The number of cyclic esters (lactones) is 1. The first-order valence-corrected chi connectivity index (χ1v) is 15.8. The third kappa shape index (κ3) is 9.78. The molecule has 0 spiro atoms. The number of carbonyl (C=O) groups is 3. The minimum absolute atomic E-state index is 0.00479. The summed E-state index contributed by atoms with van der Waals surface area (Å²) >= 11 is 0. The number of methoxy groups -OCH3 is 1. The maximum Gasteiger partial charge on any atom is 0.331 e. The van der Waals surface area contributed by atoms with E-state index >= 15 is 0 Å². The van der Waals surface area contributed by atoms with Gasteiger partial charge >= 0.3 is 11.9 Å². The molecule has 0 radical (unpaired) electrons. The number of hydrogen-bond donors (Lipinski definition) is 1. The topological polar surface area (TPSA) is 122 Å².